The topological polar surface area (TPSA) is 49.3 Å². The molecule has 82 valence electrons. The minimum absolute atomic E-state index is 0.00987. The van der Waals surface area contributed by atoms with Crippen molar-refractivity contribution in [2.45, 2.75) is 26.3 Å². The summed E-state index contributed by atoms with van der Waals surface area (Å²) in [5.74, 6) is -1.16. The van der Waals surface area contributed by atoms with E-state index in [-0.39, 0.29) is 18.3 Å². The molecule has 0 saturated carbocycles. The van der Waals surface area contributed by atoms with Gasteiger partial charge in [0, 0.05) is 17.3 Å². The fraction of sp³-hybridized carbons (Fsp3) is 0.364. The van der Waals surface area contributed by atoms with Crippen LogP contribution in [0.3, 0.4) is 0 Å². The van der Waals surface area contributed by atoms with Gasteiger partial charge in [-0.3, -0.25) is 4.79 Å². The molecule has 3 nitrogen and oxygen atoms in total. The van der Waals surface area contributed by atoms with E-state index in [2.05, 4.69) is 5.32 Å². The highest BCUT2D eigenvalue weighted by atomic mass is 19.1. The number of aliphatic carboxylic acids is 1. The summed E-state index contributed by atoms with van der Waals surface area (Å²) in [6, 6.07) is 4.49. The Bertz CT molecular complexity index is 366. The molecular weight excluding hydrogens is 197 g/mol. The minimum atomic E-state index is -0.871. The third-order valence-corrected chi connectivity index (χ3v) is 2.15. The van der Waals surface area contributed by atoms with Crippen LogP contribution >= 0.6 is 0 Å². The molecule has 0 amide bonds. The van der Waals surface area contributed by atoms with E-state index in [9.17, 15) is 9.18 Å². The smallest absolute Gasteiger partial charge is 0.305 e. The number of nitrogens with one attached hydrogen (secondary N) is 1. The fourth-order valence-electron chi connectivity index (χ4n) is 1.34. The molecule has 1 aromatic carbocycles. The molecule has 0 radical (unpaired) electrons. The van der Waals surface area contributed by atoms with Gasteiger partial charge in [-0.2, -0.15) is 0 Å². The summed E-state index contributed by atoms with van der Waals surface area (Å²) in [6.45, 7) is 3.41. The van der Waals surface area contributed by atoms with Crippen molar-refractivity contribution in [3.05, 3.63) is 29.6 Å². The molecule has 0 saturated heterocycles. The Labute approximate surface area is 87.9 Å². The van der Waals surface area contributed by atoms with E-state index in [0.29, 0.717) is 11.3 Å². The molecule has 0 bridgehead atoms. The van der Waals surface area contributed by atoms with Crippen molar-refractivity contribution in [2.75, 3.05) is 5.32 Å². The van der Waals surface area contributed by atoms with E-state index >= 15 is 0 Å². The number of hydrogen-bond acceptors (Lipinski definition) is 2. The zero-order valence-electron chi connectivity index (χ0n) is 8.75. The molecule has 0 aliphatic heterocycles. The second-order valence-electron chi connectivity index (χ2n) is 3.56. The number of rotatable bonds is 4. The maximum Gasteiger partial charge on any atom is 0.305 e. The largest absolute Gasteiger partial charge is 0.481 e. The van der Waals surface area contributed by atoms with Crippen molar-refractivity contribution < 1.29 is 14.3 Å². The van der Waals surface area contributed by atoms with Crippen LogP contribution in [0, 0.1) is 12.7 Å². The Morgan fingerprint density at radius 3 is 2.87 bits per heavy atom. The maximum atomic E-state index is 13.1. The van der Waals surface area contributed by atoms with Crippen molar-refractivity contribution in [3.8, 4) is 0 Å². The summed E-state index contributed by atoms with van der Waals surface area (Å²) in [6.07, 6.45) is 0.00987. The molecule has 4 heteroatoms. The lowest BCUT2D eigenvalue weighted by Gasteiger charge is -2.15. The molecule has 0 fully saturated rings. The fourth-order valence-corrected chi connectivity index (χ4v) is 1.34. The molecular formula is C11H14FNO2. The van der Waals surface area contributed by atoms with Crippen LogP contribution in [0.5, 0.6) is 0 Å². The number of benzene rings is 1. The van der Waals surface area contributed by atoms with E-state index in [1.807, 2.05) is 0 Å². The van der Waals surface area contributed by atoms with Crippen molar-refractivity contribution in [2.24, 2.45) is 0 Å². The Morgan fingerprint density at radius 1 is 1.60 bits per heavy atom. The zero-order chi connectivity index (χ0) is 11.4. The van der Waals surface area contributed by atoms with Crippen LogP contribution in [0.4, 0.5) is 10.1 Å². The van der Waals surface area contributed by atoms with Crippen molar-refractivity contribution in [3.63, 3.8) is 0 Å². The number of carboxylic acid groups (broad SMARTS) is 1. The Kier molecular flexibility index (Phi) is 3.66. The number of halogens is 1. The molecule has 1 atom stereocenters. The Balaban J connectivity index is 2.72. The van der Waals surface area contributed by atoms with Gasteiger partial charge in [0.2, 0.25) is 0 Å². The first kappa shape index (κ1) is 11.5. The SMILES string of the molecule is Cc1c(F)cccc1NC(C)CC(=O)O. The highest BCUT2D eigenvalue weighted by Crippen LogP contribution is 2.18. The molecule has 2 N–H and O–H groups in total. The first-order valence-electron chi connectivity index (χ1n) is 4.74. The molecule has 0 heterocycles. The predicted molar refractivity (Wildman–Crippen MR) is 56.5 cm³/mol. The molecule has 1 unspecified atom stereocenters. The summed E-state index contributed by atoms with van der Waals surface area (Å²) in [7, 11) is 0. The molecule has 0 spiro atoms. The van der Waals surface area contributed by atoms with Crippen LogP contribution in [-0.2, 0) is 4.79 Å². The van der Waals surface area contributed by atoms with Gasteiger partial charge in [-0.05, 0) is 26.0 Å². The van der Waals surface area contributed by atoms with E-state index < -0.39 is 5.97 Å². The minimum Gasteiger partial charge on any atom is -0.481 e. The molecule has 1 rings (SSSR count). The number of carbonyl (C=O) groups is 1. The summed E-state index contributed by atoms with van der Waals surface area (Å²) < 4.78 is 13.1. The maximum absolute atomic E-state index is 13.1. The summed E-state index contributed by atoms with van der Waals surface area (Å²) in [5.41, 5.74) is 1.15. The molecule has 15 heavy (non-hydrogen) atoms. The normalized spacial score (nSPS) is 12.2. The first-order chi connectivity index (χ1) is 7.00. The number of hydrogen-bond donors (Lipinski definition) is 2. The lowest BCUT2D eigenvalue weighted by molar-refractivity contribution is -0.137. The van der Waals surface area contributed by atoms with Crippen molar-refractivity contribution in [1.29, 1.82) is 0 Å². The van der Waals surface area contributed by atoms with Crippen LogP contribution in [0.1, 0.15) is 18.9 Å². The Hall–Kier alpha value is -1.58. The number of carboxylic acids is 1. The van der Waals surface area contributed by atoms with Gasteiger partial charge < -0.3 is 10.4 Å². The third-order valence-electron chi connectivity index (χ3n) is 2.15. The van der Waals surface area contributed by atoms with Crippen molar-refractivity contribution >= 4 is 11.7 Å². The van der Waals surface area contributed by atoms with Crippen LogP contribution in [0.15, 0.2) is 18.2 Å². The van der Waals surface area contributed by atoms with E-state index in [1.54, 1.807) is 26.0 Å². The number of anilines is 1. The summed E-state index contributed by atoms with van der Waals surface area (Å²) in [4.78, 5) is 10.4. The van der Waals surface area contributed by atoms with Crippen LogP contribution in [0.2, 0.25) is 0 Å². The van der Waals surface area contributed by atoms with Crippen molar-refractivity contribution in [1.82, 2.24) is 0 Å². The van der Waals surface area contributed by atoms with Gasteiger partial charge in [0.1, 0.15) is 5.82 Å². The monoisotopic (exact) mass is 211 g/mol. The van der Waals surface area contributed by atoms with E-state index in [4.69, 9.17) is 5.11 Å². The third kappa shape index (κ3) is 3.23. The lowest BCUT2D eigenvalue weighted by atomic mass is 10.1. The van der Waals surface area contributed by atoms with Gasteiger partial charge in [-0.15, -0.1) is 0 Å². The zero-order valence-corrected chi connectivity index (χ0v) is 8.75. The van der Waals surface area contributed by atoms with Crippen LogP contribution in [0.25, 0.3) is 0 Å². The predicted octanol–water partition coefficient (Wildman–Crippen LogP) is 2.41. The quantitative estimate of drug-likeness (QED) is 0.804. The molecule has 1 aromatic rings. The van der Waals surface area contributed by atoms with Crippen LogP contribution < -0.4 is 5.32 Å². The van der Waals surface area contributed by atoms with Crippen LogP contribution in [-0.4, -0.2) is 17.1 Å². The second kappa shape index (κ2) is 4.77. The second-order valence-corrected chi connectivity index (χ2v) is 3.56. The average molecular weight is 211 g/mol. The molecule has 0 aromatic heterocycles. The molecule has 0 aliphatic rings. The average Bonchev–Trinajstić information content (AvgIpc) is 2.11. The van der Waals surface area contributed by atoms with Gasteiger partial charge in [0.05, 0.1) is 6.42 Å². The van der Waals surface area contributed by atoms with Gasteiger partial charge in [0.25, 0.3) is 0 Å². The standard InChI is InChI=1S/C11H14FNO2/c1-7(6-11(14)15)13-10-5-3-4-9(12)8(10)2/h3-5,7,13H,6H2,1-2H3,(H,14,15). The highest BCUT2D eigenvalue weighted by Gasteiger charge is 2.09. The van der Waals surface area contributed by atoms with Gasteiger partial charge in [-0.25, -0.2) is 4.39 Å². The summed E-state index contributed by atoms with van der Waals surface area (Å²) >= 11 is 0. The summed E-state index contributed by atoms with van der Waals surface area (Å²) in [5, 5.41) is 11.5. The lowest BCUT2D eigenvalue weighted by Crippen LogP contribution is -2.19. The van der Waals surface area contributed by atoms with Gasteiger partial charge in [-0.1, -0.05) is 6.07 Å². The molecule has 0 aliphatic carbocycles. The highest BCUT2D eigenvalue weighted by molar-refractivity contribution is 5.68. The van der Waals surface area contributed by atoms with E-state index in [1.165, 1.54) is 6.07 Å². The first-order valence-corrected chi connectivity index (χ1v) is 4.74. The van der Waals surface area contributed by atoms with E-state index in [0.717, 1.165) is 0 Å². The Morgan fingerprint density at radius 2 is 2.27 bits per heavy atom. The van der Waals surface area contributed by atoms with Gasteiger partial charge in [0.15, 0.2) is 0 Å². The van der Waals surface area contributed by atoms with Gasteiger partial charge >= 0.3 is 5.97 Å².